The van der Waals surface area contributed by atoms with E-state index in [-0.39, 0.29) is 11.9 Å². The minimum atomic E-state index is -0.0335. The number of nitrogens with two attached hydrogens (primary N) is 1. The average Bonchev–Trinajstić information content (AvgIpc) is 2.21. The summed E-state index contributed by atoms with van der Waals surface area (Å²) in [5.74, 6) is -0.0119. The molecule has 0 aliphatic carbocycles. The molecule has 0 aromatic heterocycles. The van der Waals surface area contributed by atoms with Gasteiger partial charge in [-0.2, -0.15) is 0 Å². The van der Waals surface area contributed by atoms with E-state index in [2.05, 4.69) is 34.8 Å². The number of rotatable bonds is 5. The van der Waals surface area contributed by atoms with Crippen molar-refractivity contribution >= 4 is 34.2 Å². The Labute approximate surface area is 110 Å². The Morgan fingerprint density at radius 3 is 2.62 bits per heavy atom. The van der Waals surface area contributed by atoms with E-state index in [1.54, 1.807) is 0 Å². The summed E-state index contributed by atoms with van der Waals surface area (Å²) in [6, 6.07) is 7.68. The fraction of sp³-hybridized carbons (Fsp3) is 0.417. The lowest BCUT2D eigenvalue weighted by atomic mass is 10.1. The van der Waals surface area contributed by atoms with Gasteiger partial charge in [-0.3, -0.25) is 4.79 Å². The molecule has 1 aromatic rings. The molecule has 1 atom stereocenters. The van der Waals surface area contributed by atoms with Crippen molar-refractivity contribution in [3.05, 3.63) is 27.8 Å². The van der Waals surface area contributed by atoms with E-state index in [4.69, 9.17) is 5.73 Å². The van der Waals surface area contributed by atoms with Gasteiger partial charge in [-0.05, 0) is 53.3 Å². The van der Waals surface area contributed by atoms with Gasteiger partial charge >= 0.3 is 0 Å². The van der Waals surface area contributed by atoms with Crippen molar-refractivity contribution in [1.29, 1.82) is 0 Å². The maximum atomic E-state index is 11.6. The Kier molecular flexibility index (Phi) is 5.76. The minimum absolute atomic E-state index is 0.0119. The molecule has 0 heterocycles. The van der Waals surface area contributed by atoms with E-state index < -0.39 is 0 Å². The Balaban J connectivity index is 2.42. The van der Waals surface area contributed by atoms with Crippen LogP contribution in [0.1, 0.15) is 26.2 Å². The number of carbonyl (C=O) groups is 1. The Morgan fingerprint density at radius 1 is 1.44 bits per heavy atom. The van der Waals surface area contributed by atoms with Crippen molar-refractivity contribution in [2.75, 3.05) is 5.32 Å². The van der Waals surface area contributed by atoms with Crippen molar-refractivity contribution in [2.24, 2.45) is 5.73 Å². The highest BCUT2D eigenvalue weighted by molar-refractivity contribution is 14.1. The summed E-state index contributed by atoms with van der Waals surface area (Å²) < 4.78 is 1.15. The van der Waals surface area contributed by atoms with Gasteiger partial charge in [0, 0.05) is 21.7 Å². The Morgan fingerprint density at radius 2 is 2.06 bits per heavy atom. The van der Waals surface area contributed by atoms with E-state index >= 15 is 0 Å². The first-order chi connectivity index (χ1) is 7.61. The van der Waals surface area contributed by atoms with Gasteiger partial charge in [0.05, 0.1) is 0 Å². The number of benzene rings is 1. The standard InChI is InChI=1S/C12H17IN2O/c1-2-3-10(14)8-12(16)15-11-6-4-9(13)5-7-11/h4-7,10H,2-3,8,14H2,1H3,(H,15,16). The maximum absolute atomic E-state index is 11.6. The predicted molar refractivity (Wildman–Crippen MR) is 75.3 cm³/mol. The maximum Gasteiger partial charge on any atom is 0.225 e. The summed E-state index contributed by atoms with van der Waals surface area (Å²) in [7, 11) is 0. The smallest absolute Gasteiger partial charge is 0.225 e. The summed E-state index contributed by atoms with van der Waals surface area (Å²) in [5.41, 5.74) is 6.63. The van der Waals surface area contributed by atoms with Gasteiger partial charge in [-0.1, -0.05) is 13.3 Å². The van der Waals surface area contributed by atoms with E-state index in [1.807, 2.05) is 24.3 Å². The molecule has 1 rings (SSSR count). The monoisotopic (exact) mass is 332 g/mol. The number of carbonyl (C=O) groups excluding carboxylic acids is 1. The van der Waals surface area contributed by atoms with Gasteiger partial charge < -0.3 is 11.1 Å². The molecule has 0 saturated heterocycles. The lowest BCUT2D eigenvalue weighted by Crippen LogP contribution is -2.26. The van der Waals surface area contributed by atoms with Gasteiger partial charge in [-0.25, -0.2) is 0 Å². The molecule has 16 heavy (non-hydrogen) atoms. The zero-order valence-electron chi connectivity index (χ0n) is 9.37. The van der Waals surface area contributed by atoms with E-state index in [0.717, 1.165) is 22.1 Å². The fourth-order valence-electron chi connectivity index (χ4n) is 1.46. The molecule has 3 nitrogen and oxygen atoms in total. The summed E-state index contributed by atoms with van der Waals surface area (Å²) in [5, 5.41) is 2.84. The van der Waals surface area contributed by atoms with Crippen LogP contribution in [0.3, 0.4) is 0 Å². The molecule has 4 heteroatoms. The van der Waals surface area contributed by atoms with Gasteiger partial charge in [0.2, 0.25) is 5.91 Å². The molecule has 1 amide bonds. The number of hydrogen-bond acceptors (Lipinski definition) is 2. The molecule has 0 radical (unpaired) electrons. The van der Waals surface area contributed by atoms with Gasteiger partial charge in [-0.15, -0.1) is 0 Å². The van der Waals surface area contributed by atoms with Crippen LogP contribution in [-0.2, 0) is 4.79 Å². The van der Waals surface area contributed by atoms with Crippen LogP contribution in [0.5, 0.6) is 0 Å². The molecular weight excluding hydrogens is 315 g/mol. The molecule has 88 valence electrons. The van der Waals surface area contributed by atoms with Gasteiger partial charge in [0.15, 0.2) is 0 Å². The minimum Gasteiger partial charge on any atom is -0.327 e. The third kappa shape index (κ3) is 4.94. The van der Waals surface area contributed by atoms with Crippen molar-refractivity contribution in [1.82, 2.24) is 0 Å². The highest BCUT2D eigenvalue weighted by Gasteiger charge is 2.08. The summed E-state index contributed by atoms with van der Waals surface area (Å²) >= 11 is 2.23. The highest BCUT2D eigenvalue weighted by atomic mass is 127. The summed E-state index contributed by atoms with van der Waals surface area (Å²) in [4.78, 5) is 11.6. The lowest BCUT2D eigenvalue weighted by molar-refractivity contribution is -0.116. The normalized spacial score (nSPS) is 12.2. The topological polar surface area (TPSA) is 55.1 Å². The van der Waals surface area contributed by atoms with Crippen LogP contribution in [-0.4, -0.2) is 11.9 Å². The summed E-state index contributed by atoms with van der Waals surface area (Å²) in [6.45, 7) is 2.07. The molecule has 0 saturated carbocycles. The number of anilines is 1. The molecule has 3 N–H and O–H groups in total. The molecule has 0 fully saturated rings. The van der Waals surface area contributed by atoms with Crippen molar-refractivity contribution < 1.29 is 4.79 Å². The van der Waals surface area contributed by atoms with Gasteiger partial charge in [0.25, 0.3) is 0 Å². The quantitative estimate of drug-likeness (QED) is 0.815. The molecule has 0 aliphatic rings. The zero-order chi connectivity index (χ0) is 12.0. The molecule has 0 bridgehead atoms. The first-order valence-corrected chi connectivity index (χ1v) is 6.50. The van der Waals surface area contributed by atoms with Crippen molar-refractivity contribution in [2.45, 2.75) is 32.2 Å². The van der Waals surface area contributed by atoms with Crippen LogP contribution in [0.15, 0.2) is 24.3 Å². The SMILES string of the molecule is CCCC(N)CC(=O)Nc1ccc(I)cc1. The third-order valence-corrected chi connectivity index (χ3v) is 2.95. The van der Waals surface area contributed by atoms with Crippen LogP contribution >= 0.6 is 22.6 Å². The van der Waals surface area contributed by atoms with Crippen LogP contribution in [0.25, 0.3) is 0 Å². The van der Waals surface area contributed by atoms with Crippen LogP contribution < -0.4 is 11.1 Å². The van der Waals surface area contributed by atoms with Crippen molar-refractivity contribution in [3.8, 4) is 0 Å². The number of halogens is 1. The fourth-order valence-corrected chi connectivity index (χ4v) is 1.82. The highest BCUT2D eigenvalue weighted by Crippen LogP contribution is 2.11. The van der Waals surface area contributed by atoms with E-state index in [9.17, 15) is 4.79 Å². The average molecular weight is 332 g/mol. The first-order valence-electron chi connectivity index (χ1n) is 5.42. The van der Waals surface area contributed by atoms with E-state index in [0.29, 0.717) is 6.42 Å². The zero-order valence-corrected chi connectivity index (χ0v) is 11.5. The molecule has 0 spiro atoms. The number of hydrogen-bond donors (Lipinski definition) is 2. The van der Waals surface area contributed by atoms with Crippen LogP contribution in [0.4, 0.5) is 5.69 Å². The van der Waals surface area contributed by atoms with E-state index in [1.165, 1.54) is 0 Å². The van der Waals surface area contributed by atoms with Crippen LogP contribution in [0, 0.1) is 3.57 Å². The number of amides is 1. The Hall–Kier alpha value is -0.620. The molecule has 0 aliphatic heterocycles. The lowest BCUT2D eigenvalue weighted by Gasteiger charge is -2.10. The second kappa shape index (κ2) is 6.85. The second-order valence-corrected chi connectivity index (χ2v) is 5.05. The third-order valence-electron chi connectivity index (χ3n) is 2.24. The second-order valence-electron chi connectivity index (χ2n) is 3.81. The molecule has 1 unspecified atom stereocenters. The predicted octanol–water partition coefficient (Wildman–Crippen LogP) is 2.75. The molecular formula is C12H17IN2O. The first kappa shape index (κ1) is 13.4. The number of nitrogens with one attached hydrogen (secondary N) is 1. The van der Waals surface area contributed by atoms with Gasteiger partial charge in [0.1, 0.15) is 0 Å². The largest absolute Gasteiger partial charge is 0.327 e. The molecule has 1 aromatic carbocycles. The Bertz CT molecular complexity index is 337. The van der Waals surface area contributed by atoms with Crippen LogP contribution in [0.2, 0.25) is 0 Å². The van der Waals surface area contributed by atoms with Crippen molar-refractivity contribution in [3.63, 3.8) is 0 Å². The summed E-state index contributed by atoms with van der Waals surface area (Å²) in [6.07, 6.45) is 2.29.